The first-order valence-electron chi connectivity index (χ1n) is 17.3. The lowest BCUT2D eigenvalue weighted by Crippen LogP contribution is -2.26. The first-order valence-corrected chi connectivity index (χ1v) is 18.3. The van der Waals surface area contributed by atoms with Crippen LogP contribution in [0.3, 0.4) is 0 Å². The molecule has 0 aliphatic rings. The third-order valence-corrected chi connectivity index (χ3v) is 10.2. The van der Waals surface area contributed by atoms with Crippen LogP contribution in [0.25, 0.3) is 33.3 Å². The molecule has 4 aromatic heterocycles. The van der Waals surface area contributed by atoms with E-state index in [4.69, 9.17) is 5.73 Å². The second-order valence-corrected chi connectivity index (χ2v) is 13.9. The number of benzene rings is 4. The highest BCUT2D eigenvalue weighted by Gasteiger charge is 2.30. The number of fused-ring (bicyclic) bond motifs is 2. The summed E-state index contributed by atoms with van der Waals surface area (Å²) in [7, 11) is 1.64. The summed E-state index contributed by atoms with van der Waals surface area (Å²) >= 11 is 1.58. The number of amides is 2. The van der Waals surface area contributed by atoms with Crippen LogP contribution >= 0.6 is 11.8 Å². The molecule has 0 saturated carbocycles. The number of alkyl halides is 3. The maximum Gasteiger partial charge on any atom is 0.416 e. The van der Waals surface area contributed by atoms with Crippen molar-refractivity contribution < 1.29 is 31.5 Å². The number of hydrogen-bond donors (Lipinski definition) is 1. The number of anilines is 1. The van der Waals surface area contributed by atoms with Crippen molar-refractivity contribution >= 4 is 40.3 Å². The first kappa shape index (κ1) is 38.5. The van der Waals surface area contributed by atoms with E-state index in [1.807, 2.05) is 18.3 Å². The summed E-state index contributed by atoms with van der Waals surface area (Å²) < 4.78 is 67.8. The zero-order valence-electron chi connectivity index (χ0n) is 30.0. The summed E-state index contributed by atoms with van der Waals surface area (Å²) in [5.41, 5.74) is 11.8. The minimum Gasteiger partial charge on any atom is -0.366 e. The molecular weight excluding hydrogens is 760 g/mol. The Morgan fingerprint density at radius 3 is 1.77 bits per heavy atom. The molecule has 0 aliphatic carbocycles. The molecule has 0 spiro atoms. The summed E-state index contributed by atoms with van der Waals surface area (Å²) in [6.07, 6.45) is 2.53. The molecule has 2 N–H and O–H groups in total. The Bertz CT molecular complexity index is 2690. The van der Waals surface area contributed by atoms with Gasteiger partial charge in [0.05, 0.1) is 29.0 Å². The highest BCUT2D eigenvalue weighted by Crippen LogP contribution is 2.33. The summed E-state index contributed by atoms with van der Waals surface area (Å²) in [6.45, 7) is 0. The van der Waals surface area contributed by atoms with Gasteiger partial charge in [-0.25, -0.2) is 17.8 Å². The molecule has 2 amide bonds. The number of pyridine rings is 2. The molecule has 8 nitrogen and oxygen atoms in total. The van der Waals surface area contributed by atoms with Crippen LogP contribution < -0.4 is 10.6 Å². The third kappa shape index (κ3) is 8.71. The van der Waals surface area contributed by atoms with Crippen molar-refractivity contribution in [2.45, 2.75) is 16.8 Å². The molecule has 286 valence electrons. The summed E-state index contributed by atoms with van der Waals surface area (Å²) in [6, 6.07) is 31.3. The van der Waals surface area contributed by atoms with Crippen molar-refractivity contribution in [2.24, 2.45) is 5.73 Å². The highest BCUT2D eigenvalue weighted by molar-refractivity contribution is 7.98. The van der Waals surface area contributed by atoms with E-state index < -0.39 is 17.6 Å². The lowest BCUT2D eigenvalue weighted by atomic mass is 10.0. The van der Waals surface area contributed by atoms with E-state index in [9.17, 15) is 31.5 Å². The van der Waals surface area contributed by atoms with Gasteiger partial charge in [-0.05, 0) is 114 Å². The second kappa shape index (κ2) is 16.1. The minimum atomic E-state index is -4.36. The Morgan fingerprint density at radius 2 is 1.21 bits per heavy atom. The van der Waals surface area contributed by atoms with Gasteiger partial charge in [-0.1, -0.05) is 24.3 Å². The van der Waals surface area contributed by atoms with E-state index in [1.54, 1.807) is 107 Å². The van der Waals surface area contributed by atoms with E-state index in [0.29, 0.717) is 28.1 Å². The van der Waals surface area contributed by atoms with E-state index >= 15 is 0 Å². The van der Waals surface area contributed by atoms with Gasteiger partial charge in [0.1, 0.15) is 11.6 Å². The van der Waals surface area contributed by atoms with Gasteiger partial charge >= 0.3 is 6.18 Å². The Morgan fingerprint density at radius 1 is 0.684 bits per heavy atom. The van der Waals surface area contributed by atoms with E-state index in [1.165, 1.54) is 41.3 Å². The number of hydrogen-bond acceptors (Lipinski definition) is 5. The quantitative estimate of drug-likeness (QED) is 0.122. The standard InChI is InChI=1S/C22H17FN4O2.C21H14F4N2S/c1-26(18-8-6-17(23)7-9-18)22(29)16-10-11-27-20(12-16)19(13-25-27)14-2-4-15(5-3-14)21(24)28;22-17-5-7-18(8-6-17)28-13-14-9-10-27-20(11-14)19(12-26-27)15-1-3-16(4-2-15)21(23,24)25/h2-13H,1H3,(H2,24,28);1-12H,13H2. The van der Waals surface area contributed by atoms with E-state index in [-0.39, 0.29) is 17.5 Å². The number of aromatic nitrogens is 4. The second-order valence-electron chi connectivity index (χ2n) is 12.8. The average molecular weight is 791 g/mol. The Balaban J connectivity index is 0.000000174. The molecule has 57 heavy (non-hydrogen) atoms. The SMILES string of the molecule is CN(C(=O)c1ccn2ncc(-c3ccc(C(N)=O)cc3)c2c1)c1ccc(F)cc1.Fc1ccc(SCc2ccn3ncc(-c4ccc(C(F)(F)F)cc4)c3c2)cc1. The van der Waals surface area contributed by atoms with Gasteiger partial charge in [0, 0.05) is 58.0 Å². The largest absolute Gasteiger partial charge is 0.416 e. The molecule has 0 aliphatic heterocycles. The molecule has 0 bridgehead atoms. The van der Waals surface area contributed by atoms with Crippen molar-refractivity contribution in [1.29, 1.82) is 0 Å². The monoisotopic (exact) mass is 790 g/mol. The van der Waals surface area contributed by atoms with Gasteiger partial charge in [0.2, 0.25) is 5.91 Å². The number of nitrogens with two attached hydrogens (primary N) is 1. The van der Waals surface area contributed by atoms with Crippen LogP contribution in [-0.2, 0) is 11.9 Å². The van der Waals surface area contributed by atoms with E-state index in [0.717, 1.165) is 50.3 Å². The maximum absolute atomic E-state index is 13.1. The fraction of sp³-hybridized carbons (Fsp3) is 0.0698. The minimum absolute atomic E-state index is 0.227. The van der Waals surface area contributed by atoms with Crippen molar-refractivity contribution in [1.82, 2.24) is 19.2 Å². The molecule has 0 atom stereocenters. The van der Waals surface area contributed by atoms with Gasteiger partial charge in [-0.2, -0.15) is 23.4 Å². The van der Waals surface area contributed by atoms with Crippen LogP contribution in [0.4, 0.5) is 27.6 Å². The third-order valence-electron chi connectivity index (χ3n) is 9.10. The predicted molar refractivity (Wildman–Crippen MR) is 210 cm³/mol. The van der Waals surface area contributed by atoms with Crippen LogP contribution in [0.5, 0.6) is 0 Å². The molecule has 4 heterocycles. The van der Waals surface area contributed by atoms with Crippen LogP contribution in [0.2, 0.25) is 0 Å². The van der Waals surface area contributed by atoms with Gasteiger partial charge < -0.3 is 10.6 Å². The fourth-order valence-electron chi connectivity index (χ4n) is 6.00. The Labute approximate surface area is 327 Å². The molecule has 0 fully saturated rings. The highest BCUT2D eigenvalue weighted by atomic mass is 32.2. The van der Waals surface area contributed by atoms with Crippen molar-refractivity contribution in [2.75, 3.05) is 11.9 Å². The fourth-order valence-corrected chi connectivity index (χ4v) is 6.84. The molecule has 4 aromatic carbocycles. The van der Waals surface area contributed by atoms with Gasteiger partial charge in [0.15, 0.2) is 0 Å². The zero-order valence-corrected chi connectivity index (χ0v) is 30.8. The predicted octanol–water partition coefficient (Wildman–Crippen LogP) is 9.97. The van der Waals surface area contributed by atoms with Crippen molar-refractivity contribution in [3.8, 4) is 22.3 Å². The number of primary amides is 1. The normalized spacial score (nSPS) is 11.3. The molecule has 0 saturated heterocycles. The van der Waals surface area contributed by atoms with Gasteiger partial charge in [0.25, 0.3) is 5.91 Å². The van der Waals surface area contributed by atoms with Gasteiger partial charge in [-0.3, -0.25) is 9.59 Å². The van der Waals surface area contributed by atoms with Crippen LogP contribution in [-0.4, -0.2) is 38.1 Å². The van der Waals surface area contributed by atoms with Crippen LogP contribution in [0.1, 0.15) is 31.8 Å². The molecular formula is C43H31F5N6O2S. The molecule has 14 heteroatoms. The van der Waals surface area contributed by atoms with Gasteiger partial charge in [-0.15, -0.1) is 11.8 Å². The van der Waals surface area contributed by atoms with Crippen molar-refractivity contribution in [3.63, 3.8) is 0 Å². The number of nitrogens with zero attached hydrogens (tertiary/aromatic N) is 5. The summed E-state index contributed by atoms with van der Waals surface area (Å²) in [4.78, 5) is 26.6. The smallest absolute Gasteiger partial charge is 0.366 e. The zero-order chi connectivity index (χ0) is 40.3. The first-order chi connectivity index (χ1) is 27.3. The van der Waals surface area contributed by atoms with Crippen LogP contribution in [0.15, 0.2) is 151 Å². The lowest BCUT2D eigenvalue weighted by molar-refractivity contribution is -0.137. The topological polar surface area (TPSA) is 98.0 Å². The summed E-state index contributed by atoms with van der Waals surface area (Å²) in [5.74, 6) is -0.670. The Hall–Kier alpha value is -6.80. The molecule has 8 rings (SSSR count). The van der Waals surface area contributed by atoms with Crippen molar-refractivity contribution in [3.05, 3.63) is 180 Å². The number of rotatable bonds is 8. The maximum atomic E-state index is 13.1. The molecule has 0 radical (unpaired) electrons. The lowest BCUT2D eigenvalue weighted by Gasteiger charge is -2.17. The Kier molecular flexibility index (Phi) is 10.9. The average Bonchev–Trinajstić information content (AvgIpc) is 3.84. The molecule has 8 aromatic rings. The molecule has 0 unspecified atom stereocenters. The summed E-state index contributed by atoms with van der Waals surface area (Å²) in [5, 5.41) is 8.61. The number of carbonyl (C=O) groups is 2. The van der Waals surface area contributed by atoms with E-state index in [2.05, 4.69) is 10.2 Å². The number of carbonyl (C=O) groups excluding carboxylic acids is 2. The number of thioether (sulfide) groups is 1. The number of halogens is 5. The van der Waals surface area contributed by atoms with Crippen LogP contribution in [0, 0.1) is 11.6 Å².